The van der Waals surface area contributed by atoms with Crippen LogP contribution in [0.5, 0.6) is 0 Å². The van der Waals surface area contributed by atoms with Crippen molar-refractivity contribution in [1.29, 1.82) is 0 Å². The molecule has 0 radical (unpaired) electrons. The highest BCUT2D eigenvalue weighted by atomic mass is 35.5. The molecule has 35 heavy (non-hydrogen) atoms. The second-order valence-corrected chi connectivity index (χ2v) is 9.26. The first kappa shape index (κ1) is 21.6. The molecule has 2 heteroatoms. The highest BCUT2D eigenvalue weighted by Crippen LogP contribution is 2.45. The fourth-order valence-electron chi connectivity index (χ4n) is 5.16. The molecule has 0 aliphatic carbocycles. The molecule has 0 aliphatic rings. The summed E-state index contributed by atoms with van der Waals surface area (Å²) < 4.78 is 0. The van der Waals surface area contributed by atoms with Gasteiger partial charge in [-0.3, -0.25) is 0 Å². The molecule has 0 aromatic heterocycles. The summed E-state index contributed by atoms with van der Waals surface area (Å²) in [5, 5.41) is 17.9. The number of halogens is 1. The Balaban J connectivity index is 1.73. The molecule has 6 rings (SSSR count). The van der Waals surface area contributed by atoms with Crippen molar-refractivity contribution in [3.8, 4) is 11.1 Å². The van der Waals surface area contributed by atoms with Crippen LogP contribution in [0, 0.1) is 0 Å². The first-order chi connectivity index (χ1) is 17.2. The zero-order valence-electron chi connectivity index (χ0n) is 19.0. The normalized spacial score (nSPS) is 11.7. The molecule has 0 fully saturated rings. The summed E-state index contributed by atoms with van der Waals surface area (Å²) in [5.41, 5.74) is 2.96. The molecular formula is C33H23ClO. The predicted octanol–water partition coefficient (Wildman–Crippen LogP) is 8.60. The Kier molecular flexibility index (Phi) is 5.37. The molecule has 0 aliphatic heterocycles. The Labute approximate surface area is 209 Å². The second kappa shape index (κ2) is 8.70. The van der Waals surface area contributed by atoms with Gasteiger partial charge in [0.1, 0.15) is 5.60 Å². The molecule has 0 unspecified atom stereocenters. The monoisotopic (exact) mass is 470 g/mol. The fourth-order valence-corrected chi connectivity index (χ4v) is 5.34. The largest absolute Gasteiger partial charge is 0.376 e. The van der Waals surface area contributed by atoms with E-state index in [0.29, 0.717) is 5.02 Å². The molecule has 1 N–H and O–H groups in total. The van der Waals surface area contributed by atoms with Gasteiger partial charge >= 0.3 is 0 Å². The molecule has 0 spiro atoms. The van der Waals surface area contributed by atoms with E-state index >= 15 is 0 Å². The van der Waals surface area contributed by atoms with Crippen molar-refractivity contribution in [2.75, 3.05) is 0 Å². The van der Waals surface area contributed by atoms with E-state index in [1.807, 2.05) is 78.9 Å². The summed E-state index contributed by atoms with van der Waals surface area (Å²) in [5.74, 6) is 0. The Hall–Kier alpha value is -3.91. The maximum absolute atomic E-state index is 12.6. The number of aliphatic hydroxyl groups is 1. The van der Waals surface area contributed by atoms with E-state index in [1.54, 1.807) is 0 Å². The molecule has 0 amide bonds. The summed E-state index contributed by atoms with van der Waals surface area (Å²) in [6.07, 6.45) is 0. The zero-order chi connectivity index (χ0) is 23.8. The first-order valence-electron chi connectivity index (χ1n) is 11.7. The van der Waals surface area contributed by atoms with Crippen LogP contribution in [0.15, 0.2) is 133 Å². The minimum Gasteiger partial charge on any atom is -0.376 e. The van der Waals surface area contributed by atoms with Crippen LogP contribution in [-0.2, 0) is 5.60 Å². The van der Waals surface area contributed by atoms with E-state index in [0.717, 1.165) is 38.6 Å². The SMILES string of the molecule is OC(c1ccccc1)(c1ccccc1)c1cc(Cl)ccc1-c1cc2ccccc2c2ccccc12. The van der Waals surface area contributed by atoms with Gasteiger partial charge in [0.25, 0.3) is 0 Å². The molecule has 0 heterocycles. The van der Waals surface area contributed by atoms with Crippen LogP contribution in [0.3, 0.4) is 0 Å². The van der Waals surface area contributed by atoms with E-state index in [9.17, 15) is 5.11 Å². The molecule has 6 aromatic carbocycles. The summed E-state index contributed by atoms with van der Waals surface area (Å²) >= 11 is 6.59. The maximum atomic E-state index is 12.6. The molecule has 0 atom stereocenters. The third kappa shape index (κ3) is 3.61. The lowest BCUT2D eigenvalue weighted by molar-refractivity contribution is 0.126. The van der Waals surface area contributed by atoms with Gasteiger partial charge in [-0.2, -0.15) is 0 Å². The quantitative estimate of drug-likeness (QED) is 0.202. The maximum Gasteiger partial charge on any atom is 0.141 e. The lowest BCUT2D eigenvalue weighted by atomic mass is 9.76. The van der Waals surface area contributed by atoms with E-state index in [1.165, 1.54) is 10.8 Å². The van der Waals surface area contributed by atoms with Crippen LogP contribution in [-0.4, -0.2) is 5.11 Å². The average molecular weight is 471 g/mol. The van der Waals surface area contributed by atoms with Gasteiger partial charge < -0.3 is 5.11 Å². The minimum absolute atomic E-state index is 0.583. The highest BCUT2D eigenvalue weighted by molar-refractivity contribution is 6.30. The highest BCUT2D eigenvalue weighted by Gasteiger charge is 2.36. The van der Waals surface area contributed by atoms with Crippen molar-refractivity contribution in [2.24, 2.45) is 0 Å². The standard InChI is InChI=1S/C33H23ClO/c34-26-19-20-30(31-21-23-11-7-8-16-27(23)28-17-9-10-18-29(28)31)32(22-26)33(35,24-12-3-1-4-13-24)25-14-5-2-6-15-25/h1-22,35H. The molecule has 0 bridgehead atoms. The van der Waals surface area contributed by atoms with Crippen LogP contribution >= 0.6 is 11.6 Å². The van der Waals surface area contributed by atoms with Gasteiger partial charge in [-0.05, 0) is 62.0 Å². The summed E-state index contributed by atoms with van der Waals surface area (Å²) in [6, 6.07) is 44.6. The second-order valence-electron chi connectivity index (χ2n) is 8.82. The summed E-state index contributed by atoms with van der Waals surface area (Å²) in [7, 11) is 0. The van der Waals surface area contributed by atoms with Crippen LogP contribution in [0.1, 0.15) is 16.7 Å². The van der Waals surface area contributed by atoms with Crippen molar-refractivity contribution in [1.82, 2.24) is 0 Å². The Morgan fingerprint density at radius 1 is 0.486 bits per heavy atom. The number of rotatable bonds is 4. The molecule has 1 nitrogen and oxygen atoms in total. The molecule has 6 aromatic rings. The fraction of sp³-hybridized carbons (Fsp3) is 0.0303. The lowest BCUT2D eigenvalue weighted by Crippen LogP contribution is -2.29. The van der Waals surface area contributed by atoms with Gasteiger partial charge in [-0.1, -0.05) is 127 Å². The van der Waals surface area contributed by atoms with Gasteiger partial charge in [0, 0.05) is 10.6 Å². The first-order valence-corrected chi connectivity index (χ1v) is 12.1. The topological polar surface area (TPSA) is 20.2 Å². The number of benzene rings is 6. The predicted molar refractivity (Wildman–Crippen MR) is 147 cm³/mol. The van der Waals surface area contributed by atoms with Crippen molar-refractivity contribution < 1.29 is 5.11 Å². The number of fused-ring (bicyclic) bond motifs is 3. The van der Waals surface area contributed by atoms with Crippen LogP contribution in [0.25, 0.3) is 32.7 Å². The van der Waals surface area contributed by atoms with E-state index in [4.69, 9.17) is 11.6 Å². The molecule has 168 valence electrons. The van der Waals surface area contributed by atoms with Crippen LogP contribution < -0.4 is 0 Å². The molecule has 0 saturated heterocycles. The van der Waals surface area contributed by atoms with Gasteiger partial charge in [-0.25, -0.2) is 0 Å². The van der Waals surface area contributed by atoms with Gasteiger partial charge in [-0.15, -0.1) is 0 Å². The summed E-state index contributed by atoms with van der Waals surface area (Å²) in [6.45, 7) is 0. The van der Waals surface area contributed by atoms with Crippen LogP contribution in [0.2, 0.25) is 5.02 Å². The third-order valence-electron chi connectivity index (χ3n) is 6.81. The Morgan fingerprint density at radius 3 is 1.69 bits per heavy atom. The Bertz CT molecular complexity index is 1620. The van der Waals surface area contributed by atoms with E-state index < -0.39 is 5.60 Å². The van der Waals surface area contributed by atoms with E-state index in [-0.39, 0.29) is 0 Å². The molecule has 0 saturated carbocycles. The van der Waals surface area contributed by atoms with E-state index in [2.05, 4.69) is 54.6 Å². The zero-order valence-corrected chi connectivity index (χ0v) is 19.8. The van der Waals surface area contributed by atoms with Gasteiger partial charge in [0.2, 0.25) is 0 Å². The number of hydrogen-bond acceptors (Lipinski definition) is 1. The van der Waals surface area contributed by atoms with Crippen LogP contribution in [0.4, 0.5) is 0 Å². The van der Waals surface area contributed by atoms with Crippen molar-refractivity contribution in [3.63, 3.8) is 0 Å². The van der Waals surface area contributed by atoms with Crippen molar-refractivity contribution in [2.45, 2.75) is 5.60 Å². The number of hydrogen-bond donors (Lipinski definition) is 1. The van der Waals surface area contributed by atoms with Gasteiger partial charge in [0.05, 0.1) is 0 Å². The Morgan fingerprint density at radius 2 is 1.03 bits per heavy atom. The lowest BCUT2D eigenvalue weighted by Gasteiger charge is -2.32. The van der Waals surface area contributed by atoms with Crippen molar-refractivity contribution in [3.05, 3.63) is 155 Å². The third-order valence-corrected chi connectivity index (χ3v) is 7.05. The van der Waals surface area contributed by atoms with Gasteiger partial charge in [0.15, 0.2) is 0 Å². The summed E-state index contributed by atoms with van der Waals surface area (Å²) in [4.78, 5) is 0. The molecular weight excluding hydrogens is 448 g/mol. The smallest absolute Gasteiger partial charge is 0.141 e. The van der Waals surface area contributed by atoms with Crippen molar-refractivity contribution >= 4 is 33.1 Å². The minimum atomic E-state index is -1.39. The average Bonchev–Trinajstić information content (AvgIpc) is 2.93.